The summed E-state index contributed by atoms with van der Waals surface area (Å²) in [6.45, 7) is 0. The molecule has 0 bridgehead atoms. The number of hydrogen-bond donors (Lipinski definition) is 3. The van der Waals surface area contributed by atoms with E-state index in [1.165, 1.54) is 37.4 Å². The number of phenolic OH excluding ortho intramolecular Hbond substituents is 2. The molecule has 2 aromatic rings. The minimum Gasteiger partial charge on any atom is -0.508 e. The molecule has 150 valence electrons. The molecule has 0 heterocycles. The van der Waals surface area contributed by atoms with Gasteiger partial charge in [-0.05, 0) is 67.5 Å². The van der Waals surface area contributed by atoms with E-state index >= 15 is 0 Å². The zero-order valence-corrected chi connectivity index (χ0v) is 16.3. The molecular weight excluding hydrogens is 382 g/mol. The Morgan fingerprint density at radius 3 is 2.25 bits per heavy atom. The lowest BCUT2D eigenvalue weighted by Crippen LogP contribution is -2.37. The summed E-state index contributed by atoms with van der Waals surface area (Å²) in [5.41, 5.74) is 1.06. The summed E-state index contributed by atoms with van der Waals surface area (Å²) in [7, 11) is -2.42. The third-order valence-corrected chi connectivity index (χ3v) is 6.62. The summed E-state index contributed by atoms with van der Waals surface area (Å²) in [6.07, 6.45) is 2.74. The quantitative estimate of drug-likeness (QED) is 0.659. The average molecular weight is 405 g/mol. The van der Waals surface area contributed by atoms with Gasteiger partial charge in [0.2, 0.25) is 10.0 Å². The summed E-state index contributed by atoms with van der Waals surface area (Å²) >= 11 is 0. The third-order valence-electron chi connectivity index (χ3n) is 5.09. The van der Waals surface area contributed by atoms with Crippen LogP contribution in [0.1, 0.15) is 47.5 Å². The van der Waals surface area contributed by atoms with Crippen molar-refractivity contribution in [2.24, 2.45) is 0 Å². The molecule has 3 N–H and O–H groups in total. The van der Waals surface area contributed by atoms with Crippen LogP contribution in [0, 0.1) is 0 Å². The molecule has 7 nitrogen and oxygen atoms in total. The molecule has 0 saturated heterocycles. The van der Waals surface area contributed by atoms with Crippen molar-refractivity contribution in [2.45, 2.75) is 42.5 Å². The standard InChI is InChI=1S/C20H23NO6S/c1-27-20(24)14-4-9-17(10-5-14)28(25,26)21-15-6-2-13(3-7-15)18-11-8-16(22)12-19(18)23/h4-5,8-13,15,21-23H,2-3,6-7H2,1H3. The maximum Gasteiger partial charge on any atom is 0.337 e. The van der Waals surface area contributed by atoms with Gasteiger partial charge in [-0.3, -0.25) is 0 Å². The van der Waals surface area contributed by atoms with Crippen molar-refractivity contribution in [2.75, 3.05) is 7.11 Å². The number of benzene rings is 2. The highest BCUT2D eigenvalue weighted by Crippen LogP contribution is 2.38. The van der Waals surface area contributed by atoms with Crippen molar-refractivity contribution >= 4 is 16.0 Å². The number of rotatable bonds is 5. The van der Waals surface area contributed by atoms with Gasteiger partial charge in [0, 0.05) is 12.1 Å². The fourth-order valence-corrected chi connectivity index (χ4v) is 4.88. The molecule has 0 atom stereocenters. The van der Waals surface area contributed by atoms with Crippen LogP contribution in [0.15, 0.2) is 47.4 Å². The third kappa shape index (κ3) is 4.45. The smallest absolute Gasteiger partial charge is 0.337 e. The molecule has 0 unspecified atom stereocenters. The highest BCUT2D eigenvalue weighted by molar-refractivity contribution is 7.89. The number of carbonyl (C=O) groups is 1. The predicted molar refractivity (Wildman–Crippen MR) is 103 cm³/mol. The molecule has 1 aliphatic carbocycles. The largest absolute Gasteiger partial charge is 0.508 e. The Morgan fingerprint density at radius 1 is 1.04 bits per heavy atom. The Bertz CT molecular complexity index is 947. The molecule has 0 amide bonds. The number of aromatic hydroxyl groups is 2. The first-order valence-electron chi connectivity index (χ1n) is 9.03. The van der Waals surface area contributed by atoms with Gasteiger partial charge in [0.1, 0.15) is 11.5 Å². The van der Waals surface area contributed by atoms with Crippen molar-refractivity contribution < 1.29 is 28.2 Å². The Morgan fingerprint density at radius 2 is 1.68 bits per heavy atom. The van der Waals surface area contributed by atoms with Crippen molar-refractivity contribution in [3.63, 3.8) is 0 Å². The molecule has 1 aliphatic rings. The van der Waals surface area contributed by atoms with Gasteiger partial charge >= 0.3 is 5.97 Å². The van der Waals surface area contributed by atoms with Gasteiger partial charge in [-0.1, -0.05) is 6.07 Å². The van der Waals surface area contributed by atoms with E-state index in [1.807, 2.05) is 0 Å². The minimum atomic E-state index is -3.69. The van der Waals surface area contributed by atoms with Gasteiger partial charge in [-0.2, -0.15) is 0 Å². The molecule has 3 rings (SSSR count). The maximum absolute atomic E-state index is 12.6. The van der Waals surface area contributed by atoms with Crippen LogP contribution < -0.4 is 4.72 Å². The molecule has 8 heteroatoms. The number of esters is 1. The van der Waals surface area contributed by atoms with Crippen LogP contribution in [-0.4, -0.2) is 37.8 Å². The molecular formula is C20H23NO6S. The van der Waals surface area contributed by atoms with E-state index in [1.54, 1.807) is 12.1 Å². The van der Waals surface area contributed by atoms with Crippen LogP contribution in [0.4, 0.5) is 0 Å². The summed E-state index contributed by atoms with van der Waals surface area (Å²) < 4.78 is 32.5. The van der Waals surface area contributed by atoms with E-state index in [9.17, 15) is 23.4 Å². The number of hydrogen-bond acceptors (Lipinski definition) is 6. The number of phenols is 2. The average Bonchev–Trinajstić information content (AvgIpc) is 2.68. The number of nitrogens with one attached hydrogen (secondary N) is 1. The fraction of sp³-hybridized carbons (Fsp3) is 0.350. The topological polar surface area (TPSA) is 113 Å². The number of sulfonamides is 1. The van der Waals surface area contributed by atoms with E-state index < -0.39 is 16.0 Å². The Balaban J connectivity index is 1.62. The zero-order valence-electron chi connectivity index (χ0n) is 15.5. The van der Waals surface area contributed by atoms with Crippen molar-refractivity contribution in [3.05, 3.63) is 53.6 Å². The normalized spacial score (nSPS) is 19.9. The molecule has 2 aromatic carbocycles. The highest BCUT2D eigenvalue weighted by atomic mass is 32.2. The lowest BCUT2D eigenvalue weighted by molar-refractivity contribution is 0.0600. The summed E-state index contributed by atoms with van der Waals surface area (Å²) in [5.74, 6) is -0.316. The van der Waals surface area contributed by atoms with Gasteiger partial charge in [-0.25, -0.2) is 17.9 Å². The second-order valence-electron chi connectivity index (χ2n) is 6.93. The van der Waals surface area contributed by atoms with Gasteiger partial charge in [0.05, 0.1) is 17.6 Å². The zero-order chi connectivity index (χ0) is 20.3. The lowest BCUT2D eigenvalue weighted by Gasteiger charge is -2.29. The van der Waals surface area contributed by atoms with Gasteiger partial charge < -0.3 is 14.9 Å². The van der Waals surface area contributed by atoms with E-state index in [4.69, 9.17) is 0 Å². The molecule has 1 fully saturated rings. The van der Waals surface area contributed by atoms with Gasteiger partial charge in [-0.15, -0.1) is 0 Å². The van der Waals surface area contributed by atoms with Crippen LogP contribution in [0.5, 0.6) is 11.5 Å². The van der Waals surface area contributed by atoms with Crippen LogP contribution >= 0.6 is 0 Å². The lowest BCUT2D eigenvalue weighted by atomic mass is 9.81. The second kappa shape index (κ2) is 8.20. The molecule has 0 radical (unpaired) electrons. The van der Waals surface area contributed by atoms with Gasteiger partial charge in [0.15, 0.2) is 0 Å². The predicted octanol–water partition coefficient (Wildman–Crippen LogP) is 2.89. The van der Waals surface area contributed by atoms with E-state index in [0.29, 0.717) is 12.8 Å². The molecule has 28 heavy (non-hydrogen) atoms. The molecule has 0 spiro atoms. The van der Waals surface area contributed by atoms with Crippen LogP contribution in [-0.2, 0) is 14.8 Å². The summed E-state index contributed by atoms with van der Waals surface area (Å²) in [5, 5.41) is 19.4. The number of ether oxygens (including phenoxy) is 1. The van der Waals surface area contributed by atoms with Crippen molar-refractivity contribution in [1.82, 2.24) is 4.72 Å². The maximum atomic E-state index is 12.6. The van der Waals surface area contributed by atoms with E-state index in [-0.39, 0.29) is 33.9 Å². The Hall–Kier alpha value is -2.58. The van der Waals surface area contributed by atoms with Crippen LogP contribution in [0.25, 0.3) is 0 Å². The van der Waals surface area contributed by atoms with Crippen molar-refractivity contribution in [1.29, 1.82) is 0 Å². The first-order chi connectivity index (χ1) is 13.3. The Kier molecular flexibility index (Phi) is 5.90. The first kappa shape index (κ1) is 20.2. The SMILES string of the molecule is COC(=O)c1ccc(S(=O)(=O)NC2CCC(c3ccc(O)cc3O)CC2)cc1. The summed E-state index contributed by atoms with van der Waals surface area (Å²) in [4.78, 5) is 11.6. The monoisotopic (exact) mass is 405 g/mol. The van der Waals surface area contributed by atoms with E-state index in [2.05, 4.69) is 9.46 Å². The first-order valence-corrected chi connectivity index (χ1v) is 10.5. The summed E-state index contributed by atoms with van der Waals surface area (Å²) in [6, 6.07) is 9.99. The van der Waals surface area contributed by atoms with Crippen LogP contribution in [0.2, 0.25) is 0 Å². The number of methoxy groups -OCH3 is 1. The second-order valence-corrected chi connectivity index (χ2v) is 8.64. The Labute approximate surface area is 164 Å². The van der Waals surface area contributed by atoms with E-state index in [0.717, 1.165) is 18.4 Å². The highest BCUT2D eigenvalue weighted by Gasteiger charge is 2.27. The molecule has 0 aromatic heterocycles. The number of carbonyl (C=O) groups excluding carboxylic acids is 1. The van der Waals surface area contributed by atoms with Gasteiger partial charge in [0.25, 0.3) is 0 Å². The minimum absolute atomic E-state index is 0.0147. The van der Waals surface area contributed by atoms with Crippen molar-refractivity contribution in [3.8, 4) is 11.5 Å². The fourth-order valence-electron chi connectivity index (χ4n) is 3.58. The molecule has 0 aliphatic heterocycles. The van der Waals surface area contributed by atoms with Crippen LogP contribution in [0.3, 0.4) is 0 Å². The molecule has 1 saturated carbocycles.